The van der Waals surface area contributed by atoms with Gasteiger partial charge in [0.2, 0.25) is 0 Å². The van der Waals surface area contributed by atoms with Crippen molar-refractivity contribution in [3.05, 3.63) is 0 Å². The summed E-state index contributed by atoms with van der Waals surface area (Å²) in [4.78, 5) is 9.07. The second-order valence-electron chi connectivity index (χ2n) is 3.25. The third-order valence-corrected chi connectivity index (χ3v) is 2.21. The summed E-state index contributed by atoms with van der Waals surface area (Å²) in [7, 11) is -3.87. The molecule has 0 aromatic carbocycles. The zero-order chi connectivity index (χ0) is 10.5. The van der Waals surface area contributed by atoms with Crippen LogP contribution in [0.1, 0.15) is 27.7 Å². The van der Waals surface area contributed by atoms with Gasteiger partial charge in [-0.1, -0.05) is 0 Å². The summed E-state index contributed by atoms with van der Waals surface area (Å²) in [5.41, 5.74) is 0. The SMILES string of the molecule is CC(C)NCOP(=O)(O)OC(C)C. The number of hydrogen-bond acceptors (Lipinski definition) is 4. The summed E-state index contributed by atoms with van der Waals surface area (Å²) in [6.45, 7) is 7.17. The molecule has 6 heteroatoms. The van der Waals surface area contributed by atoms with Gasteiger partial charge in [0.15, 0.2) is 0 Å². The molecule has 0 rings (SSSR count). The highest BCUT2D eigenvalue weighted by Crippen LogP contribution is 2.43. The molecule has 0 aliphatic rings. The molecule has 0 aromatic rings. The van der Waals surface area contributed by atoms with Gasteiger partial charge in [-0.05, 0) is 27.7 Å². The molecule has 5 nitrogen and oxygen atoms in total. The highest BCUT2D eigenvalue weighted by Gasteiger charge is 2.22. The smallest absolute Gasteiger partial charge is 0.302 e. The number of rotatable bonds is 6. The van der Waals surface area contributed by atoms with Gasteiger partial charge in [0, 0.05) is 6.04 Å². The normalized spacial score (nSPS) is 16.5. The summed E-state index contributed by atoms with van der Waals surface area (Å²) >= 11 is 0. The highest BCUT2D eigenvalue weighted by molar-refractivity contribution is 7.47. The average molecular weight is 211 g/mol. The highest BCUT2D eigenvalue weighted by atomic mass is 31.2. The van der Waals surface area contributed by atoms with E-state index in [2.05, 4.69) is 14.4 Å². The van der Waals surface area contributed by atoms with Crippen LogP contribution in [-0.4, -0.2) is 23.8 Å². The van der Waals surface area contributed by atoms with Crippen molar-refractivity contribution in [3.8, 4) is 0 Å². The van der Waals surface area contributed by atoms with E-state index in [0.29, 0.717) is 0 Å². The lowest BCUT2D eigenvalue weighted by atomic mass is 10.4. The number of phosphoric ester groups is 1. The molecule has 0 radical (unpaired) electrons. The maximum atomic E-state index is 11.1. The maximum Gasteiger partial charge on any atom is 0.473 e. The Morgan fingerprint density at radius 2 is 1.92 bits per heavy atom. The van der Waals surface area contributed by atoms with Gasteiger partial charge in [0.1, 0.15) is 6.73 Å². The molecule has 0 heterocycles. The Balaban J connectivity index is 3.70. The van der Waals surface area contributed by atoms with E-state index in [1.54, 1.807) is 13.8 Å². The van der Waals surface area contributed by atoms with E-state index in [0.717, 1.165) is 0 Å². The largest absolute Gasteiger partial charge is 0.473 e. The van der Waals surface area contributed by atoms with E-state index >= 15 is 0 Å². The molecule has 1 unspecified atom stereocenters. The van der Waals surface area contributed by atoms with E-state index < -0.39 is 7.82 Å². The molecular weight excluding hydrogens is 193 g/mol. The molecule has 0 aliphatic carbocycles. The zero-order valence-electron chi connectivity index (χ0n) is 8.48. The van der Waals surface area contributed by atoms with Crippen LogP contribution in [0.5, 0.6) is 0 Å². The van der Waals surface area contributed by atoms with Crippen LogP contribution in [0.15, 0.2) is 0 Å². The molecular formula is C7H18NO4P. The minimum Gasteiger partial charge on any atom is -0.302 e. The average Bonchev–Trinajstić information content (AvgIpc) is 1.81. The Bertz CT molecular complexity index is 183. The third kappa shape index (κ3) is 8.40. The fourth-order valence-electron chi connectivity index (χ4n) is 0.582. The van der Waals surface area contributed by atoms with Crippen molar-refractivity contribution in [2.24, 2.45) is 0 Å². The monoisotopic (exact) mass is 211 g/mol. The van der Waals surface area contributed by atoms with Crippen molar-refractivity contribution in [2.45, 2.75) is 39.8 Å². The van der Waals surface area contributed by atoms with Gasteiger partial charge in [0.05, 0.1) is 6.10 Å². The van der Waals surface area contributed by atoms with Gasteiger partial charge >= 0.3 is 7.82 Å². The number of nitrogens with one attached hydrogen (secondary N) is 1. The number of phosphoric acid groups is 1. The van der Waals surface area contributed by atoms with Gasteiger partial charge < -0.3 is 4.89 Å². The molecule has 0 aromatic heterocycles. The summed E-state index contributed by atoms with van der Waals surface area (Å²) in [5, 5.41) is 2.84. The second kappa shape index (κ2) is 5.73. The van der Waals surface area contributed by atoms with Gasteiger partial charge in [-0.25, -0.2) is 4.57 Å². The minimum atomic E-state index is -3.87. The van der Waals surface area contributed by atoms with Crippen molar-refractivity contribution < 1.29 is 18.5 Å². The second-order valence-corrected chi connectivity index (χ2v) is 4.66. The molecule has 13 heavy (non-hydrogen) atoms. The van der Waals surface area contributed by atoms with Gasteiger partial charge in [0.25, 0.3) is 0 Å². The van der Waals surface area contributed by atoms with E-state index in [9.17, 15) is 4.57 Å². The third-order valence-electron chi connectivity index (χ3n) is 1.06. The first kappa shape index (κ1) is 13.1. The standard InChI is InChI=1S/C7H18NO4P/c1-6(2)8-5-11-13(9,10)12-7(3)4/h6-8H,5H2,1-4H3,(H,9,10). The van der Waals surface area contributed by atoms with Gasteiger partial charge in [-0.15, -0.1) is 0 Å². The molecule has 0 aliphatic heterocycles. The quantitative estimate of drug-likeness (QED) is 0.514. The Kier molecular flexibility index (Phi) is 5.76. The van der Waals surface area contributed by atoms with Crippen LogP contribution < -0.4 is 5.32 Å². The van der Waals surface area contributed by atoms with Crippen LogP contribution in [0.2, 0.25) is 0 Å². The van der Waals surface area contributed by atoms with Crippen LogP contribution in [0, 0.1) is 0 Å². The van der Waals surface area contributed by atoms with E-state index in [-0.39, 0.29) is 18.9 Å². The lowest BCUT2D eigenvalue weighted by Gasteiger charge is -2.15. The topological polar surface area (TPSA) is 67.8 Å². The summed E-state index contributed by atoms with van der Waals surface area (Å²) in [5.74, 6) is 0. The van der Waals surface area contributed by atoms with Crippen molar-refractivity contribution in [3.63, 3.8) is 0 Å². The molecule has 0 saturated heterocycles. The predicted octanol–water partition coefficient (Wildman–Crippen LogP) is 1.48. The summed E-state index contributed by atoms with van der Waals surface area (Å²) < 4.78 is 20.4. The summed E-state index contributed by atoms with van der Waals surface area (Å²) in [6, 6.07) is 0.207. The van der Waals surface area contributed by atoms with Crippen molar-refractivity contribution >= 4 is 7.82 Å². The lowest BCUT2D eigenvalue weighted by Crippen LogP contribution is -2.25. The first-order chi connectivity index (χ1) is 5.83. The van der Waals surface area contributed by atoms with Crippen LogP contribution in [0.25, 0.3) is 0 Å². The number of hydrogen-bond donors (Lipinski definition) is 2. The molecule has 2 N–H and O–H groups in total. The van der Waals surface area contributed by atoms with E-state index in [1.807, 2.05) is 13.8 Å². The van der Waals surface area contributed by atoms with Crippen molar-refractivity contribution in [1.29, 1.82) is 0 Å². The first-order valence-electron chi connectivity index (χ1n) is 4.22. The van der Waals surface area contributed by atoms with Crippen molar-refractivity contribution in [2.75, 3.05) is 6.73 Å². The van der Waals surface area contributed by atoms with Crippen LogP contribution in [-0.2, 0) is 13.6 Å². The van der Waals surface area contributed by atoms with Crippen LogP contribution in [0.4, 0.5) is 0 Å². The Morgan fingerprint density at radius 1 is 1.38 bits per heavy atom. The Labute approximate surface area is 79.0 Å². The molecule has 0 saturated carbocycles. The molecule has 0 spiro atoms. The Hall–Kier alpha value is 0.0700. The first-order valence-corrected chi connectivity index (χ1v) is 5.72. The molecule has 0 amide bonds. The lowest BCUT2D eigenvalue weighted by molar-refractivity contribution is 0.112. The minimum absolute atomic E-state index is 0.0121. The fraction of sp³-hybridized carbons (Fsp3) is 1.00. The molecule has 1 atom stereocenters. The fourth-order valence-corrected chi connectivity index (χ4v) is 1.41. The molecule has 80 valence electrons. The van der Waals surface area contributed by atoms with E-state index in [1.165, 1.54) is 0 Å². The maximum absolute atomic E-state index is 11.1. The van der Waals surface area contributed by atoms with Crippen LogP contribution in [0.3, 0.4) is 0 Å². The van der Waals surface area contributed by atoms with E-state index in [4.69, 9.17) is 4.89 Å². The Morgan fingerprint density at radius 3 is 2.31 bits per heavy atom. The molecule has 0 fully saturated rings. The zero-order valence-corrected chi connectivity index (χ0v) is 9.38. The molecule has 0 bridgehead atoms. The van der Waals surface area contributed by atoms with Gasteiger partial charge in [-0.2, -0.15) is 0 Å². The van der Waals surface area contributed by atoms with Gasteiger partial charge in [-0.3, -0.25) is 14.4 Å². The van der Waals surface area contributed by atoms with Crippen LogP contribution >= 0.6 is 7.82 Å². The van der Waals surface area contributed by atoms with Crippen molar-refractivity contribution in [1.82, 2.24) is 5.32 Å². The summed E-state index contributed by atoms with van der Waals surface area (Å²) in [6.07, 6.45) is -0.324. The predicted molar refractivity (Wildman–Crippen MR) is 50.3 cm³/mol.